The lowest BCUT2D eigenvalue weighted by Crippen LogP contribution is -2.29. The Balaban J connectivity index is 0.000000139. The number of rotatable bonds is 4. The summed E-state index contributed by atoms with van der Waals surface area (Å²) in [5.41, 5.74) is 2.49. The average molecular weight is 453 g/mol. The highest BCUT2D eigenvalue weighted by Crippen LogP contribution is 2.42. The van der Waals surface area contributed by atoms with Crippen LogP contribution in [0.4, 0.5) is 11.4 Å². The molecule has 2 fully saturated rings. The second-order valence-electron chi connectivity index (χ2n) is 9.13. The van der Waals surface area contributed by atoms with Gasteiger partial charge in [-0.05, 0) is 62.8 Å². The molecule has 2 aromatic carbocycles. The Morgan fingerprint density at radius 3 is 2.30 bits per heavy atom. The average Bonchev–Trinajstić information content (AvgIpc) is 3.63. The van der Waals surface area contributed by atoms with Crippen LogP contribution in [0.25, 0.3) is 0 Å². The highest BCUT2D eigenvalue weighted by molar-refractivity contribution is 5.66. The van der Waals surface area contributed by atoms with Gasteiger partial charge < -0.3 is 28.7 Å². The molecule has 0 spiro atoms. The molecule has 0 saturated carbocycles. The molecule has 33 heavy (non-hydrogen) atoms. The van der Waals surface area contributed by atoms with Crippen LogP contribution in [-0.4, -0.2) is 45.2 Å². The second-order valence-corrected chi connectivity index (χ2v) is 9.13. The molecule has 2 saturated heterocycles. The first-order valence-corrected chi connectivity index (χ1v) is 12.6. The van der Waals surface area contributed by atoms with Gasteiger partial charge in [0.2, 0.25) is 6.79 Å². The third kappa shape index (κ3) is 4.53. The number of para-hydroxylation sites is 1. The molecule has 178 valence electrons. The van der Waals surface area contributed by atoms with Crippen molar-refractivity contribution in [3.8, 4) is 23.0 Å². The molecule has 6 rings (SSSR count). The van der Waals surface area contributed by atoms with Gasteiger partial charge in [0.1, 0.15) is 13.2 Å². The van der Waals surface area contributed by atoms with Crippen LogP contribution in [0.5, 0.6) is 23.0 Å². The van der Waals surface area contributed by atoms with E-state index in [1.54, 1.807) is 0 Å². The SMILES string of the molecule is CCC1CCCN1c1ccc2c(c1)OCO2.CCC1CCCN1c1cccc2c1OCCO2. The molecule has 0 bridgehead atoms. The zero-order chi connectivity index (χ0) is 22.6. The van der Waals surface area contributed by atoms with Gasteiger partial charge in [0.05, 0.1) is 5.69 Å². The fourth-order valence-corrected chi connectivity index (χ4v) is 5.53. The smallest absolute Gasteiger partial charge is 0.231 e. The maximum absolute atomic E-state index is 5.79. The molecule has 4 heterocycles. The standard InChI is InChI=1S/C14H19NO2.C13H17NO2/c1-2-11-5-4-8-15(11)12-6-3-7-13-14(12)17-10-9-16-13;1-2-10-4-3-7-14(10)11-5-6-12-13(8-11)16-9-15-12/h3,6-7,11H,2,4-5,8-10H2,1H3;5-6,8,10H,2-4,7,9H2,1H3. The zero-order valence-corrected chi connectivity index (χ0v) is 19.9. The van der Waals surface area contributed by atoms with Crippen molar-refractivity contribution in [2.45, 2.75) is 64.5 Å². The van der Waals surface area contributed by atoms with Crippen molar-refractivity contribution in [2.75, 3.05) is 42.9 Å². The van der Waals surface area contributed by atoms with Gasteiger partial charge >= 0.3 is 0 Å². The summed E-state index contributed by atoms with van der Waals surface area (Å²) in [6, 6.07) is 13.8. The number of anilines is 2. The van der Waals surface area contributed by atoms with Gasteiger partial charge in [-0.15, -0.1) is 0 Å². The van der Waals surface area contributed by atoms with E-state index in [1.807, 2.05) is 12.1 Å². The summed E-state index contributed by atoms with van der Waals surface area (Å²) in [5.74, 6) is 3.60. The minimum Gasteiger partial charge on any atom is -0.486 e. The number of ether oxygens (including phenoxy) is 4. The van der Waals surface area contributed by atoms with Crippen molar-refractivity contribution in [2.24, 2.45) is 0 Å². The molecule has 0 aromatic heterocycles. The summed E-state index contributed by atoms with van der Waals surface area (Å²) in [7, 11) is 0. The van der Waals surface area contributed by atoms with Crippen molar-refractivity contribution < 1.29 is 18.9 Å². The van der Waals surface area contributed by atoms with Gasteiger partial charge in [-0.2, -0.15) is 0 Å². The molecule has 2 atom stereocenters. The normalized spacial score (nSPS) is 22.8. The summed E-state index contributed by atoms with van der Waals surface area (Å²) in [6.45, 7) is 8.50. The lowest BCUT2D eigenvalue weighted by Gasteiger charge is -2.30. The molecule has 0 aliphatic carbocycles. The molecule has 2 unspecified atom stereocenters. The summed E-state index contributed by atoms with van der Waals surface area (Å²) in [4.78, 5) is 4.97. The van der Waals surface area contributed by atoms with Crippen molar-refractivity contribution in [3.05, 3.63) is 36.4 Å². The third-order valence-corrected chi connectivity index (χ3v) is 7.24. The molecular formula is C27H36N2O4. The highest BCUT2D eigenvalue weighted by Gasteiger charge is 2.28. The maximum atomic E-state index is 5.79. The van der Waals surface area contributed by atoms with E-state index < -0.39 is 0 Å². The Morgan fingerprint density at radius 1 is 0.758 bits per heavy atom. The van der Waals surface area contributed by atoms with Crippen LogP contribution in [0.3, 0.4) is 0 Å². The van der Waals surface area contributed by atoms with E-state index >= 15 is 0 Å². The zero-order valence-electron chi connectivity index (χ0n) is 19.9. The van der Waals surface area contributed by atoms with Crippen molar-refractivity contribution in [1.29, 1.82) is 0 Å². The lowest BCUT2D eigenvalue weighted by molar-refractivity contribution is 0.172. The molecular weight excluding hydrogens is 416 g/mol. The van der Waals surface area contributed by atoms with Crippen LogP contribution < -0.4 is 28.7 Å². The maximum Gasteiger partial charge on any atom is 0.231 e. The molecule has 4 aliphatic heterocycles. The quantitative estimate of drug-likeness (QED) is 0.599. The largest absolute Gasteiger partial charge is 0.486 e. The number of hydrogen-bond donors (Lipinski definition) is 0. The Bertz CT molecular complexity index is 950. The van der Waals surface area contributed by atoms with Gasteiger partial charge in [0, 0.05) is 36.9 Å². The summed E-state index contributed by atoms with van der Waals surface area (Å²) >= 11 is 0. The number of benzene rings is 2. The molecule has 2 aromatic rings. The molecule has 0 amide bonds. The minimum atomic E-state index is 0.357. The van der Waals surface area contributed by atoms with Crippen molar-refractivity contribution in [3.63, 3.8) is 0 Å². The number of nitrogens with zero attached hydrogens (tertiary/aromatic N) is 2. The predicted molar refractivity (Wildman–Crippen MR) is 131 cm³/mol. The Kier molecular flexibility index (Phi) is 6.70. The Labute approximate surface area is 197 Å². The van der Waals surface area contributed by atoms with Crippen molar-refractivity contribution in [1.82, 2.24) is 0 Å². The number of hydrogen-bond acceptors (Lipinski definition) is 6. The first-order valence-electron chi connectivity index (χ1n) is 12.6. The van der Waals surface area contributed by atoms with E-state index in [0.29, 0.717) is 32.1 Å². The van der Waals surface area contributed by atoms with Gasteiger partial charge in [0.15, 0.2) is 23.0 Å². The third-order valence-electron chi connectivity index (χ3n) is 7.24. The molecule has 0 N–H and O–H groups in total. The van der Waals surface area contributed by atoms with Crippen LogP contribution in [0.2, 0.25) is 0 Å². The summed E-state index contributed by atoms with van der Waals surface area (Å²) in [5, 5.41) is 0. The van der Waals surface area contributed by atoms with Crippen LogP contribution in [-0.2, 0) is 0 Å². The first kappa shape index (κ1) is 22.1. The van der Waals surface area contributed by atoms with E-state index in [2.05, 4.69) is 47.9 Å². The predicted octanol–water partition coefficient (Wildman–Crippen LogP) is 5.63. The Hall–Kier alpha value is -2.76. The van der Waals surface area contributed by atoms with E-state index in [1.165, 1.54) is 49.9 Å². The summed E-state index contributed by atoms with van der Waals surface area (Å²) < 4.78 is 22.2. The summed E-state index contributed by atoms with van der Waals surface area (Å²) in [6.07, 6.45) is 7.60. The van der Waals surface area contributed by atoms with E-state index in [0.717, 1.165) is 36.1 Å². The topological polar surface area (TPSA) is 43.4 Å². The van der Waals surface area contributed by atoms with Crippen LogP contribution in [0.1, 0.15) is 52.4 Å². The van der Waals surface area contributed by atoms with E-state index in [4.69, 9.17) is 18.9 Å². The van der Waals surface area contributed by atoms with Gasteiger partial charge in [-0.1, -0.05) is 19.9 Å². The lowest BCUT2D eigenvalue weighted by atomic mass is 10.1. The first-order chi connectivity index (χ1) is 16.3. The van der Waals surface area contributed by atoms with E-state index in [-0.39, 0.29) is 0 Å². The molecule has 4 aliphatic rings. The van der Waals surface area contributed by atoms with Crippen LogP contribution >= 0.6 is 0 Å². The van der Waals surface area contributed by atoms with Crippen molar-refractivity contribution >= 4 is 11.4 Å². The Morgan fingerprint density at radius 2 is 1.48 bits per heavy atom. The molecule has 0 radical (unpaired) electrons. The monoisotopic (exact) mass is 452 g/mol. The van der Waals surface area contributed by atoms with Gasteiger partial charge in [-0.3, -0.25) is 0 Å². The van der Waals surface area contributed by atoms with Gasteiger partial charge in [-0.25, -0.2) is 0 Å². The fraction of sp³-hybridized carbons (Fsp3) is 0.556. The van der Waals surface area contributed by atoms with E-state index in [9.17, 15) is 0 Å². The van der Waals surface area contributed by atoms with Crippen LogP contribution in [0.15, 0.2) is 36.4 Å². The highest BCUT2D eigenvalue weighted by atomic mass is 16.7. The van der Waals surface area contributed by atoms with Crippen LogP contribution in [0, 0.1) is 0 Å². The minimum absolute atomic E-state index is 0.357. The fourth-order valence-electron chi connectivity index (χ4n) is 5.53. The molecule has 6 nitrogen and oxygen atoms in total. The second kappa shape index (κ2) is 10.0. The number of fused-ring (bicyclic) bond motifs is 2. The molecule has 6 heteroatoms. The van der Waals surface area contributed by atoms with Gasteiger partial charge in [0.25, 0.3) is 0 Å².